The van der Waals surface area contributed by atoms with E-state index in [1.807, 2.05) is 36.4 Å². The third-order valence-electron chi connectivity index (χ3n) is 2.64. The van der Waals surface area contributed by atoms with Gasteiger partial charge in [-0.1, -0.05) is 0 Å². The third kappa shape index (κ3) is 2.55. The minimum absolute atomic E-state index is 0.717. The van der Waals surface area contributed by atoms with Crippen molar-refractivity contribution in [2.75, 3.05) is 5.73 Å². The van der Waals surface area contributed by atoms with Gasteiger partial charge in [0.2, 0.25) is 0 Å². The van der Waals surface area contributed by atoms with Crippen LogP contribution in [0.4, 0.5) is 5.69 Å². The minimum atomic E-state index is 0.717. The molecule has 0 unspecified atom stereocenters. The maximum atomic E-state index is 5.70. The topological polar surface area (TPSA) is 66.0 Å². The number of nitrogens with two attached hydrogens (primary N) is 1. The molecule has 0 saturated carbocycles. The van der Waals surface area contributed by atoms with Gasteiger partial charge in [0.1, 0.15) is 24.2 Å². The molecule has 2 aromatic carbocycles. The summed E-state index contributed by atoms with van der Waals surface area (Å²) in [6.45, 7) is 0. The molecule has 0 amide bonds. The lowest BCUT2D eigenvalue weighted by Gasteiger charge is -2.07. The van der Waals surface area contributed by atoms with Gasteiger partial charge in [0.25, 0.3) is 0 Å². The summed E-state index contributed by atoms with van der Waals surface area (Å²) in [6, 6.07) is 14.9. The maximum Gasteiger partial charge on any atom is 0.138 e. The molecule has 5 nitrogen and oxygen atoms in total. The van der Waals surface area contributed by atoms with Crippen molar-refractivity contribution in [3.63, 3.8) is 0 Å². The van der Waals surface area contributed by atoms with Gasteiger partial charge >= 0.3 is 0 Å². The number of hydrogen-bond acceptors (Lipinski definition) is 4. The molecule has 0 spiro atoms. The van der Waals surface area contributed by atoms with Gasteiger partial charge in [0.15, 0.2) is 0 Å². The van der Waals surface area contributed by atoms with Crippen molar-refractivity contribution < 1.29 is 4.74 Å². The summed E-state index contributed by atoms with van der Waals surface area (Å²) in [5.41, 5.74) is 7.27. The molecular weight excluding hydrogens is 240 g/mol. The Labute approximate surface area is 110 Å². The van der Waals surface area contributed by atoms with Crippen LogP contribution in [-0.4, -0.2) is 14.8 Å². The first-order valence-electron chi connectivity index (χ1n) is 5.80. The molecule has 5 heteroatoms. The molecule has 0 aliphatic rings. The highest BCUT2D eigenvalue weighted by molar-refractivity contribution is 5.44. The van der Waals surface area contributed by atoms with Crippen LogP contribution in [0.3, 0.4) is 0 Å². The summed E-state index contributed by atoms with van der Waals surface area (Å²) in [5.74, 6) is 1.51. The Hall–Kier alpha value is -2.82. The number of rotatable bonds is 3. The standard InChI is InChI=1S/C14H12N4O/c15-11-1-5-13(6-2-11)19-14-7-3-12(4-8-14)18-10-16-9-17-18/h1-10H,15H2. The van der Waals surface area contributed by atoms with Crippen molar-refractivity contribution in [3.8, 4) is 17.2 Å². The summed E-state index contributed by atoms with van der Waals surface area (Å²) in [5, 5.41) is 4.06. The molecule has 94 valence electrons. The van der Waals surface area contributed by atoms with Crippen molar-refractivity contribution in [1.82, 2.24) is 14.8 Å². The van der Waals surface area contributed by atoms with E-state index in [2.05, 4.69) is 10.1 Å². The molecule has 0 bridgehead atoms. The van der Waals surface area contributed by atoms with E-state index in [0.29, 0.717) is 5.69 Å². The van der Waals surface area contributed by atoms with Crippen LogP contribution in [0.5, 0.6) is 11.5 Å². The summed E-state index contributed by atoms with van der Waals surface area (Å²) in [6.07, 6.45) is 3.15. The van der Waals surface area contributed by atoms with Gasteiger partial charge < -0.3 is 10.5 Å². The van der Waals surface area contributed by atoms with Crippen LogP contribution in [0.2, 0.25) is 0 Å². The Kier molecular flexibility index (Phi) is 2.86. The predicted octanol–water partition coefficient (Wildman–Crippen LogP) is 2.64. The van der Waals surface area contributed by atoms with Gasteiger partial charge in [-0.05, 0) is 48.5 Å². The number of ether oxygens (including phenoxy) is 1. The van der Waals surface area contributed by atoms with E-state index in [1.54, 1.807) is 23.1 Å². The summed E-state index contributed by atoms with van der Waals surface area (Å²) < 4.78 is 7.39. The average molecular weight is 252 g/mol. The SMILES string of the molecule is Nc1ccc(Oc2ccc(-n3cncn3)cc2)cc1. The van der Waals surface area contributed by atoms with Crippen LogP contribution in [0.15, 0.2) is 61.2 Å². The molecule has 2 N–H and O–H groups in total. The van der Waals surface area contributed by atoms with Crippen molar-refractivity contribution in [1.29, 1.82) is 0 Å². The average Bonchev–Trinajstić information content (AvgIpc) is 2.96. The second-order valence-electron chi connectivity index (χ2n) is 4.01. The molecule has 0 aliphatic heterocycles. The Morgan fingerprint density at radius 3 is 2.11 bits per heavy atom. The molecule has 0 atom stereocenters. The molecule has 3 aromatic rings. The van der Waals surface area contributed by atoms with Gasteiger partial charge in [-0.25, -0.2) is 9.67 Å². The molecule has 1 heterocycles. The molecule has 19 heavy (non-hydrogen) atoms. The summed E-state index contributed by atoms with van der Waals surface area (Å²) in [7, 11) is 0. The monoisotopic (exact) mass is 252 g/mol. The number of nitrogen functional groups attached to an aromatic ring is 1. The first kappa shape index (κ1) is 11.3. The van der Waals surface area contributed by atoms with E-state index >= 15 is 0 Å². The highest BCUT2D eigenvalue weighted by Crippen LogP contribution is 2.23. The van der Waals surface area contributed by atoms with Gasteiger partial charge in [0, 0.05) is 5.69 Å². The van der Waals surface area contributed by atoms with Crippen LogP contribution < -0.4 is 10.5 Å². The fourth-order valence-corrected chi connectivity index (χ4v) is 1.68. The molecule has 0 saturated heterocycles. The van der Waals surface area contributed by atoms with E-state index < -0.39 is 0 Å². The molecule has 0 fully saturated rings. The quantitative estimate of drug-likeness (QED) is 0.728. The molecule has 0 radical (unpaired) electrons. The van der Waals surface area contributed by atoms with Crippen molar-refractivity contribution in [3.05, 3.63) is 61.2 Å². The predicted molar refractivity (Wildman–Crippen MR) is 72.3 cm³/mol. The third-order valence-corrected chi connectivity index (χ3v) is 2.64. The maximum absolute atomic E-state index is 5.70. The highest BCUT2D eigenvalue weighted by Gasteiger charge is 1.99. The molecule has 3 rings (SSSR count). The zero-order valence-electron chi connectivity index (χ0n) is 10.1. The first-order valence-corrected chi connectivity index (χ1v) is 5.80. The number of nitrogens with zero attached hydrogens (tertiary/aromatic N) is 3. The number of hydrogen-bond donors (Lipinski definition) is 1. The number of benzene rings is 2. The lowest BCUT2D eigenvalue weighted by molar-refractivity contribution is 0.482. The van der Waals surface area contributed by atoms with Crippen LogP contribution >= 0.6 is 0 Å². The van der Waals surface area contributed by atoms with E-state index in [-0.39, 0.29) is 0 Å². The Bertz CT molecular complexity index is 645. The lowest BCUT2D eigenvalue weighted by Crippen LogP contribution is -1.93. The van der Waals surface area contributed by atoms with Crippen LogP contribution in [-0.2, 0) is 0 Å². The largest absolute Gasteiger partial charge is 0.457 e. The van der Waals surface area contributed by atoms with Crippen LogP contribution in [0.25, 0.3) is 5.69 Å². The fraction of sp³-hybridized carbons (Fsp3) is 0. The second kappa shape index (κ2) is 4.81. The van der Waals surface area contributed by atoms with Crippen molar-refractivity contribution >= 4 is 5.69 Å². The van der Waals surface area contributed by atoms with Crippen molar-refractivity contribution in [2.45, 2.75) is 0 Å². The molecular formula is C14H12N4O. The molecule has 0 aliphatic carbocycles. The van der Waals surface area contributed by atoms with Gasteiger partial charge in [-0.3, -0.25) is 0 Å². The highest BCUT2D eigenvalue weighted by atomic mass is 16.5. The second-order valence-corrected chi connectivity index (χ2v) is 4.01. The zero-order chi connectivity index (χ0) is 13.1. The fourth-order valence-electron chi connectivity index (χ4n) is 1.68. The first-order chi connectivity index (χ1) is 9.31. The normalized spacial score (nSPS) is 10.3. The summed E-state index contributed by atoms with van der Waals surface area (Å²) >= 11 is 0. The Morgan fingerprint density at radius 2 is 1.53 bits per heavy atom. The van der Waals surface area contributed by atoms with Gasteiger partial charge in [-0.2, -0.15) is 5.10 Å². The zero-order valence-corrected chi connectivity index (χ0v) is 10.1. The van der Waals surface area contributed by atoms with Crippen molar-refractivity contribution in [2.24, 2.45) is 0 Å². The Balaban J connectivity index is 1.77. The molecule has 1 aromatic heterocycles. The van der Waals surface area contributed by atoms with E-state index in [1.165, 1.54) is 6.33 Å². The number of anilines is 1. The van der Waals surface area contributed by atoms with E-state index in [4.69, 9.17) is 10.5 Å². The minimum Gasteiger partial charge on any atom is -0.457 e. The van der Waals surface area contributed by atoms with Crippen LogP contribution in [0.1, 0.15) is 0 Å². The lowest BCUT2D eigenvalue weighted by atomic mass is 10.3. The Morgan fingerprint density at radius 1 is 0.895 bits per heavy atom. The summed E-state index contributed by atoms with van der Waals surface area (Å²) in [4.78, 5) is 3.91. The van der Waals surface area contributed by atoms with E-state index in [0.717, 1.165) is 17.2 Å². The smallest absolute Gasteiger partial charge is 0.138 e. The van der Waals surface area contributed by atoms with Gasteiger partial charge in [-0.15, -0.1) is 0 Å². The number of aromatic nitrogens is 3. The van der Waals surface area contributed by atoms with Crippen LogP contribution in [0, 0.1) is 0 Å². The van der Waals surface area contributed by atoms with E-state index in [9.17, 15) is 0 Å². The van der Waals surface area contributed by atoms with Gasteiger partial charge in [0.05, 0.1) is 5.69 Å².